The molecule has 0 aliphatic rings. The van der Waals surface area contributed by atoms with Crippen LogP contribution >= 0.6 is 0 Å². The highest BCUT2D eigenvalue weighted by atomic mass is 28.2. The SMILES string of the molecule is CCOC(OCC)O[Si]CCC(C)N. The largest absolute Gasteiger partial charge is 0.372 e. The summed E-state index contributed by atoms with van der Waals surface area (Å²) < 4.78 is 15.8. The number of hydrogen-bond acceptors (Lipinski definition) is 4. The van der Waals surface area contributed by atoms with E-state index in [1.165, 1.54) is 0 Å². The van der Waals surface area contributed by atoms with Gasteiger partial charge in [0.2, 0.25) is 9.76 Å². The van der Waals surface area contributed by atoms with Crippen molar-refractivity contribution in [3.63, 3.8) is 0 Å². The lowest BCUT2D eigenvalue weighted by atomic mass is 10.3. The minimum atomic E-state index is -0.503. The molecule has 0 rings (SSSR count). The lowest BCUT2D eigenvalue weighted by Crippen LogP contribution is -2.24. The van der Waals surface area contributed by atoms with E-state index in [0.29, 0.717) is 23.0 Å². The number of hydrogen-bond donors (Lipinski definition) is 1. The molecular weight excluding hydrogens is 198 g/mol. The molecule has 0 heterocycles. The predicted molar refractivity (Wildman–Crippen MR) is 57.0 cm³/mol. The smallest absolute Gasteiger partial charge is 0.261 e. The normalized spacial score (nSPS) is 13.5. The van der Waals surface area contributed by atoms with E-state index in [0.717, 1.165) is 12.5 Å². The maximum Gasteiger partial charge on any atom is 0.261 e. The van der Waals surface area contributed by atoms with E-state index in [9.17, 15) is 0 Å². The zero-order valence-electron chi connectivity index (χ0n) is 9.29. The lowest BCUT2D eigenvalue weighted by molar-refractivity contribution is -0.243. The minimum absolute atomic E-state index is 0.240. The van der Waals surface area contributed by atoms with E-state index in [1.807, 2.05) is 20.8 Å². The summed E-state index contributed by atoms with van der Waals surface area (Å²) >= 11 is 0. The second-order valence-corrected chi connectivity index (χ2v) is 4.00. The van der Waals surface area contributed by atoms with Crippen LogP contribution in [-0.4, -0.2) is 35.5 Å². The van der Waals surface area contributed by atoms with Gasteiger partial charge in [-0.25, -0.2) is 0 Å². The summed E-state index contributed by atoms with van der Waals surface area (Å²) in [5, 5.41) is 0. The Balaban J connectivity index is 3.40. The average Bonchev–Trinajstić information content (AvgIpc) is 2.12. The lowest BCUT2D eigenvalue weighted by Gasteiger charge is -2.16. The van der Waals surface area contributed by atoms with Crippen LogP contribution in [-0.2, 0) is 13.9 Å². The molecule has 0 saturated carbocycles. The summed E-state index contributed by atoms with van der Waals surface area (Å²) in [6.07, 6.45) is 0.976. The molecule has 0 fully saturated rings. The van der Waals surface area contributed by atoms with Gasteiger partial charge in [-0.2, -0.15) is 0 Å². The van der Waals surface area contributed by atoms with E-state index < -0.39 is 6.48 Å². The molecule has 0 saturated heterocycles. The molecule has 2 N–H and O–H groups in total. The van der Waals surface area contributed by atoms with Crippen molar-refractivity contribution >= 4 is 9.76 Å². The van der Waals surface area contributed by atoms with Crippen LogP contribution in [0.2, 0.25) is 6.04 Å². The monoisotopic (exact) mass is 219 g/mol. The predicted octanol–water partition coefficient (Wildman–Crippen LogP) is 1.13. The van der Waals surface area contributed by atoms with Gasteiger partial charge in [0.15, 0.2) is 0 Å². The van der Waals surface area contributed by atoms with Crippen LogP contribution in [0.1, 0.15) is 27.2 Å². The summed E-state index contributed by atoms with van der Waals surface area (Å²) in [7, 11) is 0.395. The molecule has 0 aromatic heterocycles. The fraction of sp³-hybridized carbons (Fsp3) is 1.00. The number of ether oxygens (including phenoxy) is 2. The van der Waals surface area contributed by atoms with E-state index in [4.69, 9.17) is 19.6 Å². The molecule has 1 atom stereocenters. The maximum absolute atomic E-state index is 5.61. The summed E-state index contributed by atoms with van der Waals surface area (Å²) in [5.74, 6) is 0. The molecule has 14 heavy (non-hydrogen) atoms. The highest BCUT2D eigenvalue weighted by Gasteiger charge is 2.08. The molecule has 2 radical (unpaired) electrons. The van der Waals surface area contributed by atoms with Crippen LogP contribution < -0.4 is 5.73 Å². The van der Waals surface area contributed by atoms with E-state index in [2.05, 4.69) is 0 Å². The molecule has 1 unspecified atom stereocenters. The van der Waals surface area contributed by atoms with Crippen LogP contribution in [0.4, 0.5) is 0 Å². The van der Waals surface area contributed by atoms with Crippen molar-refractivity contribution in [1.29, 1.82) is 0 Å². The molecule has 0 amide bonds. The standard InChI is InChI=1S/C9H21NO3Si/c1-4-11-9(12-5-2)13-14-7-6-8(3)10/h8-9H,4-7,10H2,1-3H3. The van der Waals surface area contributed by atoms with E-state index in [-0.39, 0.29) is 6.04 Å². The summed E-state index contributed by atoms with van der Waals surface area (Å²) in [6, 6.07) is 1.21. The highest BCUT2D eigenvalue weighted by molar-refractivity contribution is 6.27. The van der Waals surface area contributed by atoms with Gasteiger partial charge in [-0.15, -0.1) is 0 Å². The molecule has 5 heteroatoms. The number of nitrogens with two attached hydrogens (primary N) is 1. The third-order valence-corrected chi connectivity index (χ3v) is 2.34. The van der Waals surface area contributed by atoms with Crippen molar-refractivity contribution in [1.82, 2.24) is 0 Å². The third kappa shape index (κ3) is 8.65. The molecule has 0 bridgehead atoms. The second kappa shape index (κ2) is 9.61. The first kappa shape index (κ1) is 14.1. The van der Waals surface area contributed by atoms with Crippen molar-refractivity contribution < 1.29 is 13.9 Å². The second-order valence-electron chi connectivity index (χ2n) is 2.98. The molecule has 0 aliphatic heterocycles. The first-order chi connectivity index (χ1) is 6.70. The van der Waals surface area contributed by atoms with Gasteiger partial charge in [0.1, 0.15) is 0 Å². The van der Waals surface area contributed by atoms with E-state index in [1.54, 1.807) is 0 Å². The molecule has 0 spiro atoms. The average molecular weight is 219 g/mol. The fourth-order valence-corrected chi connectivity index (χ4v) is 1.77. The Morgan fingerprint density at radius 2 is 1.79 bits per heavy atom. The Hall–Kier alpha value is 0.0569. The van der Waals surface area contributed by atoms with Gasteiger partial charge in [-0.3, -0.25) is 0 Å². The maximum atomic E-state index is 5.61. The van der Waals surface area contributed by atoms with Gasteiger partial charge in [-0.05, 0) is 33.2 Å². The van der Waals surface area contributed by atoms with Crippen LogP contribution in [0, 0.1) is 0 Å². The van der Waals surface area contributed by atoms with E-state index >= 15 is 0 Å². The quantitative estimate of drug-likeness (QED) is 0.359. The number of rotatable bonds is 9. The molecule has 0 aromatic carbocycles. The minimum Gasteiger partial charge on any atom is -0.372 e. The summed E-state index contributed by atoms with van der Waals surface area (Å²) in [5.41, 5.74) is 5.61. The van der Waals surface area contributed by atoms with Crippen molar-refractivity contribution in [2.75, 3.05) is 13.2 Å². The van der Waals surface area contributed by atoms with Gasteiger partial charge in [-0.1, -0.05) is 0 Å². The summed E-state index contributed by atoms with van der Waals surface area (Å²) in [4.78, 5) is 0. The molecule has 84 valence electrons. The van der Waals surface area contributed by atoms with Crippen LogP contribution in [0.5, 0.6) is 0 Å². The zero-order valence-corrected chi connectivity index (χ0v) is 10.3. The van der Waals surface area contributed by atoms with Crippen molar-refractivity contribution in [2.24, 2.45) is 5.73 Å². The molecule has 0 aliphatic carbocycles. The van der Waals surface area contributed by atoms with Gasteiger partial charge >= 0.3 is 0 Å². The van der Waals surface area contributed by atoms with Crippen LogP contribution in [0.3, 0.4) is 0 Å². The first-order valence-corrected chi connectivity index (χ1v) is 6.19. The Morgan fingerprint density at radius 1 is 1.21 bits per heavy atom. The van der Waals surface area contributed by atoms with Gasteiger partial charge in [0.05, 0.1) is 0 Å². The van der Waals surface area contributed by atoms with Gasteiger partial charge in [0, 0.05) is 19.3 Å². The zero-order chi connectivity index (χ0) is 10.8. The topological polar surface area (TPSA) is 53.7 Å². The fourth-order valence-electron chi connectivity index (χ4n) is 0.802. The van der Waals surface area contributed by atoms with Crippen LogP contribution in [0.25, 0.3) is 0 Å². The Kier molecular flexibility index (Phi) is 9.64. The molecule has 4 nitrogen and oxygen atoms in total. The summed E-state index contributed by atoms with van der Waals surface area (Å²) in [6.45, 7) is 6.52. The van der Waals surface area contributed by atoms with Crippen molar-refractivity contribution in [3.8, 4) is 0 Å². The first-order valence-electron chi connectivity index (χ1n) is 5.08. The van der Waals surface area contributed by atoms with Gasteiger partial charge < -0.3 is 19.6 Å². The van der Waals surface area contributed by atoms with Crippen molar-refractivity contribution in [2.45, 2.75) is 45.8 Å². The van der Waals surface area contributed by atoms with Gasteiger partial charge in [0.25, 0.3) is 6.48 Å². The Morgan fingerprint density at radius 3 is 2.21 bits per heavy atom. The van der Waals surface area contributed by atoms with Crippen molar-refractivity contribution in [3.05, 3.63) is 0 Å². The molecular formula is C9H21NO3Si. The third-order valence-electron chi connectivity index (χ3n) is 1.49. The highest BCUT2D eigenvalue weighted by Crippen LogP contribution is 2.00. The molecule has 0 aromatic rings. The van der Waals surface area contributed by atoms with Crippen LogP contribution in [0.15, 0.2) is 0 Å². The Bertz CT molecular complexity index is 119. The Labute approximate surface area is 89.0 Å².